The number of benzene rings is 2. The van der Waals surface area contributed by atoms with Gasteiger partial charge in [-0.2, -0.15) is 0 Å². The molecule has 194 valence electrons. The van der Waals surface area contributed by atoms with Gasteiger partial charge in [0, 0.05) is 24.8 Å². The first kappa shape index (κ1) is 27.3. The zero-order valence-corrected chi connectivity index (χ0v) is 22.1. The predicted molar refractivity (Wildman–Crippen MR) is 139 cm³/mol. The lowest BCUT2D eigenvalue weighted by atomic mass is 9.84. The average Bonchev–Trinajstić information content (AvgIpc) is 3.11. The van der Waals surface area contributed by atoms with Crippen LogP contribution < -0.4 is 9.47 Å². The number of carbonyl (C=O) groups excluding carboxylic acids is 2. The van der Waals surface area contributed by atoms with E-state index in [0.29, 0.717) is 29.2 Å². The Hall–Kier alpha value is -3.32. The van der Waals surface area contributed by atoms with Gasteiger partial charge in [-0.05, 0) is 47.7 Å². The summed E-state index contributed by atoms with van der Waals surface area (Å²) in [5.74, 6) is -0.188. The number of carbonyl (C=O) groups is 2. The number of hydrogen-bond acceptors (Lipinski definition) is 6. The van der Waals surface area contributed by atoms with Gasteiger partial charge in [0.2, 0.25) is 0 Å². The fraction of sp³-hybridized carbons (Fsp3) is 0.448. The molecule has 3 rings (SSSR count). The third-order valence-corrected chi connectivity index (χ3v) is 6.32. The van der Waals surface area contributed by atoms with Crippen LogP contribution in [0.2, 0.25) is 0 Å². The zero-order chi connectivity index (χ0) is 26.5. The van der Waals surface area contributed by atoms with E-state index in [1.54, 1.807) is 26.4 Å². The molecule has 0 aliphatic carbocycles. The van der Waals surface area contributed by atoms with E-state index in [2.05, 4.69) is 6.92 Å². The first-order valence-corrected chi connectivity index (χ1v) is 12.3. The van der Waals surface area contributed by atoms with Gasteiger partial charge in [0.25, 0.3) is 11.7 Å². The van der Waals surface area contributed by atoms with Gasteiger partial charge in [-0.3, -0.25) is 9.59 Å². The van der Waals surface area contributed by atoms with Crippen molar-refractivity contribution in [1.29, 1.82) is 0 Å². The molecule has 0 bridgehead atoms. The van der Waals surface area contributed by atoms with E-state index in [-0.39, 0.29) is 29.9 Å². The van der Waals surface area contributed by atoms with Crippen molar-refractivity contribution in [2.75, 3.05) is 34.0 Å². The van der Waals surface area contributed by atoms with E-state index in [1.807, 2.05) is 51.1 Å². The van der Waals surface area contributed by atoms with E-state index in [1.165, 1.54) is 4.90 Å². The average molecular weight is 496 g/mol. The molecule has 7 nitrogen and oxygen atoms in total. The monoisotopic (exact) mass is 495 g/mol. The minimum Gasteiger partial charge on any atom is -0.507 e. The number of ether oxygens (including phenoxy) is 3. The number of nitrogens with zero attached hydrogens (tertiary/aromatic N) is 1. The molecule has 0 radical (unpaired) electrons. The molecule has 1 unspecified atom stereocenters. The van der Waals surface area contributed by atoms with Gasteiger partial charge >= 0.3 is 0 Å². The minimum atomic E-state index is -0.745. The van der Waals surface area contributed by atoms with E-state index >= 15 is 0 Å². The molecule has 1 fully saturated rings. The molecule has 0 aromatic heterocycles. The largest absolute Gasteiger partial charge is 0.507 e. The van der Waals surface area contributed by atoms with E-state index < -0.39 is 17.7 Å². The summed E-state index contributed by atoms with van der Waals surface area (Å²) in [6.07, 6.45) is 1.99. The molecule has 2 aromatic rings. The molecular formula is C29H37NO6. The number of rotatable bonds is 10. The highest BCUT2D eigenvalue weighted by Crippen LogP contribution is 2.41. The Morgan fingerprint density at radius 1 is 1.03 bits per heavy atom. The van der Waals surface area contributed by atoms with Crippen molar-refractivity contribution in [3.05, 3.63) is 64.7 Å². The number of Topliss-reactive ketones (excluding diaryl/α,β-unsaturated/α-hetero) is 1. The highest BCUT2D eigenvalue weighted by Gasteiger charge is 2.46. The van der Waals surface area contributed by atoms with Crippen molar-refractivity contribution in [2.24, 2.45) is 0 Å². The number of methoxy groups -OCH3 is 2. The SMILES string of the molecule is CCCCOc1ccc(C2/C(=C(/O)c3ccc(OC)c(C(C)(C)C)c3)C(=O)C(=O)N2CCOC)cc1. The lowest BCUT2D eigenvalue weighted by Gasteiger charge is -2.26. The lowest BCUT2D eigenvalue weighted by Crippen LogP contribution is -2.32. The summed E-state index contributed by atoms with van der Waals surface area (Å²) in [4.78, 5) is 27.7. The van der Waals surface area contributed by atoms with E-state index in [4.69, 9.17) is 14.2 Å². The minimum absolute atomic E-state index is 0.0563. The Morgan fingerprint density at radius 2 is 1.72 bits per heavy atom. The fourth-order valence-electron chi connectivity index (χ4n) is 4.32. The first-order chi connectivity index (χ1) is 17.1. The van der Waals surface area contributed by atoms with Crippen LogP contribution in [0.5, 0.6) is 11.5 Å². The van der Waals surface area contributed by atoms with Gasteiger partial charge in [0.05, 0.1) is 31.9 Å². The van der Waals surface area contributed by atoms with Crippen molar-refractivity contribution >= 4 is 17.4 Å². The van der Waals surface area contributed by atoms with Gasteiger partial charge in [0.15, 0.2) is 0 Å². The van der Waals surface area contributed by atoms with Gasteiger partial charge in [-0.1, -0.05) is 46.2 Å². The lowest BCUT2D eigenvalue weighted by molar-refractivity contribution is -0.140. The van der Waals surface area contributed by atoms with Crippen LogP contribution in [0.3, 0.4) is 0 Å². The van der Waals surface area contributed by atoms with Crippen LogP contribution in [0.15, 0.2) is 48.0 Å². The van der Waals surface area contributed by atoms with Crippen LogP contribution in [-0.4, -0.2) is 55.7 Å². The number of hydrogen-bond donors (Lipinski definition) is 1. The van der Waals surface area contributed by atoms with Crippen LogP contribution in [0.25, 0.3) is 5.76 Å². The Kier molecular flexibility index (Phi) is 8.79. The third kappa shape index (κ3) is 5.73. The van der Waals surface area contributed by atoms with Gasteiger partial charge < -0.3 is 24.2 Å². The molecule has 1 heterocycles. The maximum Gasteiger partial charge on any atom is 0.295 e. The topological polar surface area (TPSA) is 85.3 Å². The summed E-state index contributed by atoms with van der Waals surface area (Å²) in [5.41, 5.74) is 1.84. The predicted octanol–water partition coefficient (Wildman–Crippen LogP) is 5.24. The van der Waals surface area contributed by atoms with Gasteiger partial charge in [0.1, 0.15) is 17.3 Å². The standard InChI is InChI=1S/C29H37NO6/c1-7-8-16-36-21-12-9-19(10-13-21)25-24(27(32)28(33)30(25)15-17-34-5)26(31)20-11-14-23(35-6)22(18-20)29(2,3)4/h9-14,18,25,31H,7-8,15-17H2,1-6H3/b26-24-. The highest BCUT2D eigenvalue weighted by atomic mass is 16.5. The Labute approximate surface area is 213 Å². The maximum atomic E-state index is 13.2. The highest BCUT2D eigenvalue weighted by molar-refractivity contribution is 6.46. The molecule has 1 aliphatic rings. The Bertz CT molecular complexity index is 1110. The van der Waals surface area contributed by atoms with Crippen LogP contribution in [0.1, 0.15) is 63.3 Å². The van der Waals surface area contributed by atoms with Crippen LogP contribution >= 0.6 is 0 Å². The molecule has 0 saturated carbocycles. The quantitative estimate of drug-likeness (QED) is 0.210. The summed E-state index contributed by atoms with van der Waals surface area (Å²) >= 11 is 0. The van der Waals surface area contributed by atoms with Crippen LogP contribution in [-0.2, 0) is 19.7 Å². The summed E-state index contributed by atoms with van der Waals surface area (Å²) in [7, 11) is 3.14. The van der Waals surface area contributed by atoms with Crippen molar-refractivity contribution in [2.45, 2.75) is 52.0 Å². The smallest absolute Gasteiger partial charge is 0.295 e. The molecule has 1 saturated heterocycles. The van der Waals surface area contributed by atoms with Crippen molar-refractivity contribution in [3.8, 4) is 11.5 Å². The molecule has 7 heteroatoms. The van der Waals surface area contributed by atoms with Crippen molar-refractivity contribution in [3.63, 3.8) is 0 Å². The second kappa shape index (κ2) is 11.6. The van der Waals surface area contributed by atoms with E-state index in [9.17, 15) is 14.7 Å². The second-order valence-electron chi connectivity index (χ2n) is 9.92. The van der Waals surface area contributed by atoms with Crippen LogP contribution in [0.4, 0.5) is 0 Å². The molecule has 1 N–H and O–H groups in total. The number of ketones is 1. The molecular weight excluding hydrogens is 458 g/mol. The number of amides is 1. The second-order valence-corrected chi connectivity index (χ2v) is 9.92. The molecule has 1 amide bonds. The summed E-state index contributed by atoms with van der Waals surface area (Å²) in [6, 6.07) is 11.9. The number of aliphatic hydroxyl groups excluding tert-OH is 1. The maximum absolute atomic E-state index is 13.2. The fourth-order valence-corrected chi connectivity index (χ4v) is 4.32. The van der Waals surface area contributed by atoms with Crippen LogP contribution in [0, 0.1) is 0 Å². The third-order valence-electron chi connectivity index (χ3n) is 6.32. The Morgan fingerprint density at radius 3 is 2.31 bits per heavy atom. The molecule has 1 aliphatic heterocycles. The van der Waals surface area contributed by atoms with Gasteiger partial charge in [-0.15, -0.1) is 0 Å². The normalized spacial score (nSPS) is 17.5. The van der Waals surface area contributed by atoms with Crippen molar-refractivity contribution < 1.29 is 28.9 Å². The molecule has 1 atom stereocenters. The Balaban J connectivity index is 2.11. The molecule has 2 aromatic carbocycles. The van der Waals surface area contributed by atoms with Crippen molar-refractivity contribution in [1.82, 2.24) is 4.90 Å². The summed E-state index contributed by atoms with van der Waals surface area (Å²) in [5, 5.41) is 11.4. The summed E-state index contributed by atoms with van der Waals surface area (Å²) < 4.78 is 16.5. The molecule has 0 spiro atoms. The number of likely N-dealkylation sites (tertiary alicyclic amines) is 1. The summed E-state index contributed by atoms with van der Waals surface area (Å²) in [6.45, 7) is 9.33. The first-order valence-electron chi connectivity index (χ1n) is 12.3. The van der Waals surface area contributed by atoms with E-state index in [0.717, 1.165) is 18.4 Å². The molecule has 36 heavy (non-hydrogen) atoms. The van der Waals surface area contributed by atoms with Gasteiger partial charge in [-0.25, -0.2) is 0 Å². The number of unbranched alkanes of at least 4 members (excludes halogenated alkanes) is 1. The zero-order valence-electron chi connectivity index (χ0n) is 22.1. The number of aliphatic hydroxyl groups is 1.